The van der Waals surface area contributed by atoms with Gasteiger partial charge in [0.05, 0.1) is 35.5 Å². The average molecular weight is 477 g/mol. The molecule has 1 fully saturated rings. The third-order valence-electron chi connectivity index (χ3n) is 6.64. The number of rotatable bonds is 4. The summed E-state index contributed by atoms with van der Waals surface area (Å²) in [6, 6.07) is 16.8. The van der Waals surface area contributed by atoms with Gasteiger partial charge in [0.1, 0.15) is 23.0 Å². The van der Waals surface area contributed by atoms with Gasteiger partial charge >= 0.3 is 0 Å². The van der Waals surface area contributed by atoms with E-state index in [-0.39, 0.29) is 11.9 Å². The van der Waals surface area contributed by atoms with Crippen molar-refractivity contribution in [1.29, 1.82) is 0 Å². The second-order valence-corrected chi connectivity index (χ2v) is 9.07. The van der Waals surface area contributed by atoms with E-state index in [1.54, 1.807) is 30.7 Å². The Morgan fingerprint density at radius 3 is 2.61 bits per heavy atom. The van der Waals surface area contributed by atoms with Gasteiger partial charge in [-0.3, -0.25) is 15.1 Å². The lowest BCUT2D eigenvalue weighted by Crippen LogP contribution is -2.56. The largest absolute Gasteiger partial charge is 0.353 e. The number of hydrogen-bond donors (Lipinski definition) is 3. The van der Waals surface area contributed by atoms with Crippen LogP contribution in [0.4, 0.5) is 10.2 Å². The van der Waals surface area contributed by atoms with Crippen molar-refractivity contribution in [1.82, 2.24) is 30.1 Å². The highest BCUT2D eigenvalue weighted by Crippen LogP contribution is 2.35. The lowest BCUT2D eigenvalue weighted by molar-refractivity contribution is 0.514. The van der Waals surface area contributed by atoms with Crippen molar-refractivity contribution in [2.75, 3.05) is 18.0 Å². The second kappa shape index (κ2) is 7.96. The zero-order valence-corrected chi connectivity index (χ0v) is 19.1. The summed E-state index contributed by atoms with van der Waals surface area (Å²) in [5.41, 5.74) is 12.8. The highest BCUT2D eigenvalue weighted by Gasteiger charge is 2.25. The minimum absolute atomic E-state index is 0.179. The van der Waals surface area contributed by atoms with Crippen LogP contribution in [0.25, 0.3) is 55.7 Å². The molecule has 0 aliphatic carbocycles. The summed E-state index contributed by atoms with van der Waals surface area (Å²) in [4.78, 5) is 19.3. The fourth-order valence-electron chi connectivity index (χ4n) is 4.76. The van der Waals surface area contributed by atoms with E-state index < -0.39 is 0 Å². The van der Waals surface area contributed by atoms with E-state index in [4.69, 9.17) is 10.7 Å². The van der Waals surface area contributed by atoms with Gasteiger partial charge in [-0.2, -0.15) is 5.10 Å². The molecule has 8 nitrogen and oxygen atoms in total. The number of nitrogens with two attached hydrogens (primary N) is 1. The van der Waals surface area contributed by atoms with Gasteiger partial charge in [-0.1, -0.05) is 24.3 Å². The van der Waals surface area contributed by atoms with Gasteiger partial charge in [0, 0.05) is 35.4 Å². The molecule has 1 saturated heterocycles. The van der Waals surface area contributed by atoms with Crippen molar-refractivity contribution in [3.05, 3.63) is 79.0 Å². The molecule has 0 bridgehead atoms. The average Bonchev–Trinajstić information content (AvgIpc) is 3.51. The second-order valence-electron chi connectivity index (χ2n) is 9.07. The molecule has 0 spiro atoms. The monoisotopic (exact) mass is 476 g/mol. The summed E-state index contributed by atoms with van der Waals surface area (Å²) in [7, 11) is 0. The number of H-pyrrole nitrogens is 2. The van der Waals surface area contributed by atoms with E-state index in [1.165, 1.54) is 12.1 Å². The molecule has 4 N–H and O–H groups in total. The van der Waals surface area contributed by atoms with Gasteiger partial charge < -0.3 is 15.6 Å². The number of aromatic nitrogens is 6. The maximum absolute atomic E-state index is 13.5. The van der Waals surface area contributed by atoms with Crippen LogP contribution < -0.4 is 10.6 Å². The lowest BCUT2D eigenvalue weighted by atomic mass is 10.0. The number of nitrogens with one attached hydrogen (secondary N) is 2. The van der Waals surface area contributed by atoms with E-state index in [0.29, 0.717) is 11.4 Å². The van der Waals surface area contributed by atoms with Gasteiger partial charge in [0.25, 0.3) is 0 Å². The molecule has 0 atom stereocenters. The van der Waals surface area contributed by atoms with E-state index >= 15 is 0 Å². The first kappa shape index (κ1) is 20.7. The van der Waals surface area contributed by atoms with Crippen LogP contribution in [0.15, 0.2) is 73.2 Å². The number of hydrogen-bond acceptors (Lipinski definition) is 6. The molecular weight excluding hydrogens is 455 g/mol. The third-order valence-corrected chi connectivity index (χ3v) is 6.64. The van der Waals surface area contributed by atoms with Gasteiger partial charge in [-0.25, -0.2) is 9.37 Å². The van der Waals surface area contributed by atoms with E-state index in [1.807, 2.05) is 24.3 Å². The van der Waals surface area contributed by atoms with Crippen molar-refractivity contribution >= 4 is 27.6 Å². The number of halogens is 1. The Morgan fingerprint density at radius 1 is 0.917 bits per heavy atom. The molecule has 176 valence electrons. The highest BCUT2D eigenvalue weighted by atomic mass is 19.1. The van der Waals surface area contributed by atoms with Gasteiger partial charge in [0.2, 0.25) is 0 Å². The highest BCUT2D eigenvalue weighted by molar-refractivity contribution is 6.01. The van der Waals surface area contributed by atoms with Crippen molar-refractivity contribution in [3.8, 4) is 33.9 Å². The zero-order valence-electron chi connectivity index (χ0n) is 19.1. The minimum atomic E-state index is -0.253. The van der Waals surface area contributed by atoms with E-state index in [0.717, 1.165) is 63.2 Å². The standard InChI is InChI=1S/C27H21FN8/c28-16-6-4-15(5-7-16)18-2-1-3-21-19(18)8-23(32-21)27-20-9-22(31-11-24(20)34-35-27)25-10-30-12-26(33-25)36-13-17(29)14-36/h1-12,17,32H,13-14,29H2,(H,34,35). The maximum Gasteiger partial charge on any atom is 0.147 e. The van der Waals surface area contributed by atoms with Crippen LogP contribution in [-0.2, 0) is 0 Å². The molecule has 1 aliphatic heterocycles. The predicted molar refractivity (Wildman–Crippen MR) is 138 cm³/mol. The minimum Gasteiger partial charge on any atom is -0.353 e. The molecule has 2 aromatic carbocycles. The normalized spacial score (nSPS) is 14.0. The molecule has 7 rings (SSSR count). The first-order valence-corrected chi connectivity index (χ1v) is 11.7. The Kier molecular flexibility index (Phi) is 4.58. The molecule has 36 heavy (non-hydrogen) atoms. The molecule has 0 radical (unpaired) electrons. The van der Waals surface area contributed by atoms with Crippen molar-refractivity contribution < 1.29 is 4.39 Å². The molecule has 9 heteroatoms. The number of benzene rings is 2. The van der Waals surface area contributed by atoms with Gasteiger partial charge in [-0.15, -0.1) is 0 Å². The Balaban J connectivity index is 1.30. The van der Waals surface area contributed by atoms with Crippen molar-refractivity contribution in [3.63, 3.8) is 0 Å². The molecular formula is C27H21FN8. The lowest BCUT2D eigenvalue weighted by Gasteiger charge is -2.37. The fourth-order valence-corrected chi connectivity index (χ4v) is 4.76. The Bertz CT molecular complexity index is 1730. The van der Waals surface area contributed by atoms with Crippen LogP contribution in [-0.4, -0.2) is 49.3 Å². The smallest absolute Gasteiger partial charge is 0.147 e. The van der Waals surface area contributed by atoms with Crippen LogP contribution in [0.5, 0.6) is 0 Å². The summed E-state index contributed by atoms with van der Waals surface area (Å²) in [6.07, 6.45) is 5.23. The molecule has 0 saturated carbocycles. The maximum atomic E-state index is 13.5. The Hall–Kier alpha value is -4.63. The topological polar surface area (TPSA) is 112 Å². The van der Waals surface area contributed by atoms with Crippen LogP contribution >= 0.6 is 0 Å². The fraction of sp³-hybridized carbons (Fsp3) is 0.111. The zero-order chi connectivity index (χ0) is 24.2. The molecule has 0 unspecified atom stereocenters. The summed E-state index contributed by atoms with van der Waals surface area (Å²) in [5.74, 6) is 0.546. The third kappa shape index (κ3) is 3.40. The number of nitrogens with zero attached hydrogens (tertiary/aromatic N) is 5. The van der Waals surface area contributed by atoms with Crippen LogP contribution in [0.2, 0.25) is 0 Å². The van der Waals surface area contributed by atoms with Crippen LogP contribution in [0.1, 0.15) is 0 Å². The first-order chi connectivity index (χ1) is 17.6. The van der Waals surface area contributed by atoms with E-state index in [2.05, 4.69) is 36.1 Å². The van der Waals surface area contributed by atoms with E-state index in [9.17, 15) is 4.39 Å². The number of anilines is 1. The molecule has 1 aliphatic rings. The number of pyridine rings is 1. The SMILES string of the molecule is NC1CN(c2cncc(-c3cc4c(-c5cc6c(-c7ccc(F)cc7)cccc6[nH]5)n[nH]c4cn3)n2)C1. The Morgan fingerprint density at radius 2 is 1.78 bits per heavy atom. The van der Waals surface area contributed by atoms with Crippen LogP contribution in [0.3, 0.4) is 0 Å². The molecule has 6 aromatic rings. The van der Waals surface area contributed by atoms with Gasteiger partial charge in [0.15, 0.2) is 0 Å². The molecule has 5 heterocycles. The summed E-state index contributed by atoms with van der Waals surface area (Å²) < 4.78 is 13.5. The molecule has 0 amide bonds. The van der Waals surface area contributed by atoms with Crippen molar-refractivity contribution in [2.45, 2.75) is 6.04 Å². The summed E-state index contributed by atoms with van der Waals surface area (Å²) in [6.45, 7) is 1.55. The van der Waals surface area contributed by atoms with Crippen molar-refractivity contribution in [2.24, 2.45) is 5.73 Å². The summed E-state index contributed by atoms with van der Waals surface area (Å²) >= 11 is 0. The number of fused-ring (bicyclic) bond motifs is 2. The first-order valence-electron chi connectivity index (χ1n) is 11.7. The predicted octanol–water partition coefficient (Wildman–Crippen LogP) is 4.52. The number of aromatic amines is 2. The summed E-state index contributed by atoms with van der Waals surface area (Å²) in [5, 5.41) is 9.63. The van der Waals surface area contributed by atoms with Gasteiger partial charge in [-0.05, 0) is 41.5 Å². The van der Waals surface area contributed by atoms with Crippen LogP contribution in [0, 0.1) is 5.82 Å². The Labute approximate surface area is 205 Å². The quantitative estimate of drug-likeness (QED) is 0.345. The molecule has 4 aromatic heterocycles.